The van der Waals surface area contributed by atoms with E-state index in [1.807, 2.05) is 6.92 Å². The van der Waals surface area contributed by atoms with Gasteiger partial charge in [-0.05, 0) is 55.5 Å². The summed E-state index contributed by atoms with van der Waals surface area (Å²) in [6.07, 6.45) is 0. The Balaban J connectivity index is 1.45. The second-order valence-electron chi connectivity index (χ2n) is 7.42. The van der Waals surface area contributed by atoms with Gasteiger partial charge in [0.2, 0.25) is 5.91 Å². The molecule has 0 aliphatic carbocycles. The highest BCUT2D eigenvalue weighted by atomic mass is 32.2. The molecule has 0 bridgehead atoms. The summed E-state index contributed by atoms with van der Waals surface area (Å²) in [6.45, 7) is 1.48. The van der Waals surface area contributed by atoms with Gasteiger partial charge < -0.3 is 5.32 Å². The Hall–Kier alpha value is -4.18. The van der Waals surface area contributed by atoms with Gasteiger partial charge in [-0.3, -0.25) is 24.2 Å². The molecule has 1 aromatic heterocycles. The molecule has 0 saturated heterocycles. The predicted molar refractivity (Wildman–Crippen MR) is 126 cm³/mol. The maximum Gasteiger partial charge on any atom is 0.273 e. The monoisotopic (exact) mass is 464 g/mol. The average molecular weight is 465 g/mol. The zero-order valence-electron chi connectivity index (χ0n) is 17.5. The van der Waals surface area contributed by atoms with Crippen LogP contribution in [0.15, 0.2) is 87.3 Å². The Bertz CT molecular complexity index is 1550. The fourth-order valence-electron chi connectivity index (χ4n) is 3.26. The largest absolute Gasteiger partial charge is 0.324 e. The summed E-state index contributed by atoms with van der Waals surface area (Å²) < 4.78 is 28.4. The van der Waals surface area contributed by atoms with Crippen molar-refractivity contribution < 1.29 is 13.2 Å². The van der Waals surface area contributed by atoms with Crippen LogP contribution in [0.25, 0.3) is 10.8 Å². The van der Waals surface area contributed by atoms with Crippen molar-refractivity contribution in [3.05, 3.63) is 99.1 Å². The van der Waals surface area contributed by atoms with Gasteiger partial charge >= 0.3 is 0 Å². The first-order valence-electron chi connectivity index (χ1n) is 9.94. The number of amides is 1. The second-order valence-corrected chi connectivity index (χ2v) is 9.10. The number of fused-ring (bicyclic) bond motifs is 1. The van der Waals surface area contributed by atoms with Gasteiger partial charge in [0.25, 0.3) is 21.1 Å². The number of aromatic amines is 1. The molecule has 9 nitrogen and oxygen atoms in total. The molecular weight excluding hydrogens is 444 g/mol. The maximum atomic E-state index is 12.5. The highest BCUT2D eigenvalue weighted by Crippen LogP contribution is 2.19. The summed E-state index contributed by atoms with van der Waals surface area (Å²) in [5.74, 6) is -0.531. The van der Waals surface area contributed by atoms with Crippen LogP contribution in [0.3, 0.4) is 0 Å². The zero-order chi connectivity index (χ0) is 23.6. The van der Waals surface area contributed by atoms with Crippen molar-refractivity contribution in [2.75, 3.05) is 10.0 Å². The van der Waals surface area contributed by atoms with E-state index in [0.29, 0.717) is 11.4 Å². The summed E-state index contributed by atoms with van der Waals surface area (Å²) in [4.78, 5) is 37.2. The lowest BCUT2D eigenvalue weighted by molar-refractivity contribution is -0.117. The Kier molecular flexibility index (Phi) is 5.84. The number of aromatic nitrogens is 2. The fourth-order valence-corrected chi connectivity index (χ4v) is 4.31. The van der Waals surface area contributed by atoms with Gasteiger partial charge in [-0.1, -0.05) is 29.8 Å². The molecule has 0 spiro atoms. The number of sulfonamides is 1. The molecule has 10 heteroatoms. The number of aryl methyl sites for hydroxylation is 1. The third-order valence-electron chi connectivity index (χ3n) is 4.94. The molecule has 33 heavy (non-hydrogen) atoms. The summed E-state index contributed by atoms with van der Waals surface area (Å²) in [5, 5.41) is 5.49. The first kappa shape index (κ1) is 22.0. The molecule has 4 aromatic rings. The van der Waals surface area contributed by atoms with E-state index in [2.05, 4.69) is 15.1 Å². The molecule has 0 saturated carbocycles. The van der Waals surface area contributed by atoms with Gasteiger partial charge in [0.05, 0.1) is 15.7 Å². The predicted octanol–water partition coefficient (Wildman–Crippen LogP) is 2.44. The highest BCUT2D eigenvalue weighted by molar-refractivity contribution is 7.92. The van der Waals surface area contributed by atoms with Gasteiger partial charge in [-0.15, -0.1) is 0 Å². The van der Waals surface area contributed by atoms with E-state index >= 15 is 0 Å². The zero-order valence-corrected chi connectivity index (χ0v) is 18.3. The summed E-state index contributed by atoms with van der Waals surface area (Å²) in [6, 6.07) is 18.9. The number of rotatable bonds is 6. The van der Waals surface area contributed by atoms with Crippen LogP contribution in [0.2, 0.25) is 0 Å². The summed E-state index contributed by atoms with van der Waals surface area (Å²) >= 11 is 0. The van der Waals surface area contributed by atoms with E-state index < -0.39 is 27.0 Å². The third kappa shape index (κ3) is 4.85. The number of H-pyrrole nitrogens is 1. The molecule has 0 radical (unpaired) electrons. The van der Waals surface area contributed by atoms with Crippen LogP contribution in [-0.4, -0.2) is 24.1 Å². The number of hydrogen-bond acceptors (Lipinski definition) is 5. The van der Waals surface area contributed by atoms with Gasteiger partial charge in [-0.25, -0.2) is 13.1 Å². The van der Waals surface area contributed by atoms with Crippen molar-refractivity contribution in [2.24, 2.45) is 0 Å². The van der Waals surface area contributed by atoms with Gasteiger partial charge in [0, 0.05) is 11.4 Å². The fraction of sp³-hybridized carbons (Fsp3) is 0.0870. The van der Waals surface area contributed by atoms with E-state index in [4.69, 9.17) is 0 Å². The lowest BCUT2D eigenvalue weighted by Crippen LogP contribution is -2.34. The van der Waals surface area contributed by atoms with Gasteiger partial charge in [-0.2, -0.15) is 0 Å². The van der Waals surface area contributed by atoms with E-state index in [1.165, 1.54) is 48.5 Å². The topological polar surface area (TPSA) is 130 Å². The molecule has 168 valence electrons. The SMILES string of the molecule is Cc1ccc(S(=O)(=O)Nc2ccc(NC(=O)Cn3[nH]c(=O)c4ccccc4c3=O)cc2)cc1. The number of carbonyl (C=O) groups excluding carboxylic acids is 1. The van der Waals surface area contributed by atoms with Crippen LogP contribution in [-0.2, 0) is 21.4 Å². The number of nitrogens with zero attached hydrogens (tertiary/aromatic N) is 1. The van der Waals surface area contributed by atoms with Crippen LogP contribution in [0, 0.1) is 6.92 Å². The van der Waals surface area contributed by atoms with Crippen molar-refractivity contribution in [2.45, 2.75) is 18.4 Å². The van der Waals surface area contributed by atoms with Crippen molar-refractivity contribution in [1.82, 2.24) is 9.78 Å². The minimum absolute atomic E-state index is 0.139. The van der Waals surface area contributed by atoms with Gasteiger partial charge in [0.15, 0.2) is 0 Å². The quantitative estimate of drug-likeness (QED) is 0.404. The molecule has 0 unspecified atom stereocenters. The van der Waals surface area contributed by atoms with E-state index in [9.17, 15) is 22.8 Å². The average Bonchev–Trinajstić information content (AvgIpc) is 2.79. The smallest absolute Gasteiger partial charge is 0.273 e. The standard InChI is InChI=1S/C23H20N4O5S/c1-15-6-12-18(13-7-15)33(31,32)26-17-10-8-16(9-11-17)24-21(28)14-27-23(30)20-5-3-2-4-19(20)22(29)25-27/h2-13,26H,14H2,1H3,(H,24,28)(H,25,29). The van der Waals surface area contributed by atoms with E-state index in [1.54, 1.807) is 24.3 Å². The van der Waals surface area contributed by atoms with Crippen LogP contribution in [0.4, 0.5) is 11.4 Å². The molecule has 1 heterocycles. The second kappa shape index (κ2) is 8.75. The Morgan fingerprint density at radius 2 is 1.48 bits per heavy atom. The van der Waals surface area contributed by atoms with Crippen LogP contribution < -0.4 is 21.2 Å². The number of hydrogen-bond donors (Lipinski definition) is 3. The Labute approximate surface area is 188 Å². The first-order chi connectivity index (χ1) is 15.7. The molecule has 3 N–H and O–H groups in total. The Morgan fingerprint density at radius 1 is 0.879 bits per heavy atom. The van der Waals surface area contributed by atoms with Crippen LogP contribution in [0.5, 0.6) is 0 Å². The maximum absolute atomic E-state index is 12.5. The summed E-state index contributed by atoms with van der Waals surface area (Å²) in [7, 11) is -3.74. The number of anilines is 2. The first-order valence-corrected chi connectivity index (χ1v) is 11.4. The van der Waals surface area contributed by atoms with Crippen molar-refractivity contribution >= 4 is 38.1 Å². The normalized spacial score (nSPS) is 11.3. The molecule has 4 rings (SSSR count). The third-order valence-corrected chi connectivity index (χ3v) is 6.33. The van der Waals surface area contributed by atoms with Crippen molar-refractivity contribution in [3.63, 3.8) is 0 Å². The van der Waals surface area contributed by atoms with Gasteiger partial charge in [0.1, 0.15) is 6.54 Å². The number of benzene rings is 3. The van der Waals surface area contributed by atoms with E-state index in [0.717, 1.165) is 10.2 Å². The number of nitrogens with one attached hydrogen (secondary N) is 3. The number of carbonyl (C=O) groups is 1. The van der Waals surface area contributed by atoms with Crippen LogP contribution in [0.1, 0.15) is 5.56 Å². The molecule has 0 fully saturated rings. The van der Waals surface area contributed by atoms with Crippen molar-refractivity contribution in [1.29, 1.82) is 0 Å². The molecule has 1 amide bonds. The van der Waals surface area contributed by atoms with Crippen LogP contribution >= 0.6 is 0 Å². The van der Waals surface area contributed by atoms with E-state index in [-0.39, 0.29) is 22.2 Å². The Morgan fingerprint density at radius 3 is 2.15 bits per heavy atom. The minimum Gasteiger partial charge on any atom is -0.324 e. The van der Waals surface area contributed by atoms with Crippen molar-refractivity contribution in [3.8, 4) is 0 Å². The lowest BCUT2D eigenvalue weighted by atomic mass is 10.2. The highest BCUT2D eigenvalue weighted by Gasteiger charge is 2.14. The lowest BCUT2D eigenvalue weighted by Gasteiger charge is -2.11. The molecule has 0 aliphatic rings. The minimum atomic E-state index is -3.74. The molecule has 3 aromatic carbocycles. The molecule has 0 aliphatic heterocycles. The summed E-state index contributed by atoms with van der Waals surface area (Å²) in [5.41, 5.74) is 0.714. The molecule has 0 atom stereocenters. The molecular formula is C23H20N4O5S.